The van der Waals surface area contributed by atoms with Crippen LogP contribution in [0.4, 0.5) is 11.4 Å². The van der Waals surface area contributed by atoms with Gasteiger partial charge >= 0.3 is 0 Å². The molecule has 0 radical (unpaired) electrons. The molecule has 0 fully saturated rings. The van der Waals surface area contributed by atoms with Crippen molar-refractivity contribution in [3.8, 4) is 0 Å². The van der Waals surface area contributed by atoms with E-state index in [9.17, 15) is 9.59 Å². The van der Waals surface area contributed by atoms with Gasteiger partial charge in [0, 0.05) is 11.4 Å². The molecule has 0 aromatic heterocycles. The van der Waals surface area contributed by atoms with E-state index < -0.39 is 0 Å². The molecule has 0 aliphatic rings. The van der Waals surface area contributed by atoms with Crippen LogP contribution < -0.4 is 10.6 Å². The van der Waals surface area contributed by atoms with Gasteiger partial charge in [-0.2, -0.15) is 0 Å². The third kappa shape index (κ3) is 4.69. The zero-order chi connectivity index (χ0) is 17.7. The molecule has 4 heteroatoms. The lowest BCUT2D eigenvalue weighted by Crippen LogP contribution is -2.21. The number of carbonyl (C=O) groups is 2. The highest BCUT2D eigenvalue weighted by molar-refractivity contribution is 6.08. The smallest absolute Gasteiger partial charge is 0.233 e. The molecular formula is C20H24N2O2. The standard InChI is InChI=1S/C20H24N2O2/c1-13(2)16-8-10-17(11-9-16)21-19(23)12-20(24)22-18-7-5-6-14(3)15(18)4/h5-11,13H,12H2,1-4H3,(H,21,23)(H,22,24). The number of benzene rings is 2. The molecular weight excluding hydrogens is 300 g/mol. The van der Waals surface area contributed by atoms with Crippen LogP contribution in [0.15, 0.2) is 42.5 Å². The number of anilines is 2. The molecule has 2 N–H and O–H groups in total. The SMILES string of the molecule is Cc1cccc(NC(=O)CC(=O)Nc2ccc(C(C)C)cc2)c1C. The fourth-order valence-electron chi connectivity index (χ4n) is 2.38. The van der Waals surface area contributed by atoms with Gasteiger partial charge in [-0.25, -0.2) is 0 Å². The van der Waals surface area contributed by atoms with Crippen LogP contribution in [-0.4, -0.2) is 11.8 Å². The molecule has 126 valence electrons. The average Bonchev–Trinajstić information content (AvgIpc) is 2.52. The van der Waals surface area contributed by atoms with Gasteiger partial charge in [0.05, 0.1) is 0 Å². The number of amides is 2. The summed E-state index contributed by atoms with van der Waals surface area (Å²) in [5.41, 5.74) is 4.76. The number of aryl methyl sites for hydroxylation is 1. The van der Waals surface area contributed by atoms with E-state index in [1.54, 1.807) is 0 Å². The van der Waals surface area contributed by atoms with E-state index in [1.165, 1.54) is 5.56 Å². The summed E-state index contributed by atoms with van der Waals surface area (Å²) in [5.74, 6) is -0.201. The van der Waals surface area contributed by atoms with Crippen molar-refractivity contribution in [2.45, 2.75) is 40.0 Å². The molecule has 0 spiro atoms. The maximum Gasteiger partial charge on any atom is 0.233 e. The molecule has 0 bridgehead atoms. The summed E-state index contributed by atoms with van der Waals surface area (Å²) in [5, 5.41) is 5.54. The zero-order valence-electron chi connectivity index (χ0n) is 14.6. The number of carbonyl (C=O) groups excluding carboxylic acids is 2. The van der Waals surface area contributed by atoms with Crippen molar-refractivity contribution in [1.29, 1.82) is 0 Å². The summed E-state index contributed by atoms with van der Waals surface area (Å²) in [7, 11) is 0. The van der Waals surface area contributed by atoms with E-state index in [4.69, 9.17) is 0 Å². The molecule has 0 aliphatic carbocycles. The van der Waals surface area contributed by atoms with Crippen molar-refractivity contribution in [2.75, 3.05) is 10.6 Å². The molecule has 4 nitrogen and oxygen atoms in total. The molecule has 0 atom stereocenters. The van der Waals surface area contributed by atoms with Crippen LogP contribution in [0.3, 0.4) is 0 Å². The van der Waals surface area contributed by atoms with Gasteiger partial charge in [0.1, 0.15) is 6.42 Å². The highest BCUT2D eigenvalue weighted by Crippen LogP contribution is 2.19. The first-order chi connectivity index (χ1) is 11.4. The molecule has 0 unspecified atom stereocenters. The van der Waals surface area contributed by atoms with Crippen molar-refractivity contribution >= 4 is 23.2 Å². The Morgan fingerprint density at radius 1 is 0.917 bits per heavy atom. The Kier molecular flexibility index (Phi) is 5.74. The average molecular weight is 324 g/mol. The molecule has 0 saturated carbocycles. The third-order valence-corrected chi connectivity index (χ3v) is 4.06. The molecule has 0 aliphatic heterocycles. The van der Waals surface area contributed by atoms with Gasteiger partial charge in [-0.3, -0.25) is 9.59 Å². The number of hydrogen-bond donors (Lipinski definition) is 2. The van der Waals surface area contributed by atoms with Crippen LogP contribution in [0, 0.1) is 13.8 Å². The zero-order valence-corrected chi connectivity index (χ0v) is 14.6. The first-order valence-corrected chi connectivity index (χ1v) is 8.12. The lowest BCUT2D eigenvalue weighted by Gasteiger charge is -2.11. The Hall–Kier alpha value is -2.62. The summed E-state index contributed by atoms with van der Waals surface area (Å²) in [6, 6.07) is 13.4. The van der Waals surface area contributed by atoms with Gasteiger partial charge < -0.3 is 10.6 Å². The fourth-order valence-corrected chi connectivity index (χ4v) is 2.38. The van der Waals surface area contributed by atoms with Crippen LogP contribution in [-0.2, 0) is 9.59 Å². The van der Waals surface area contributed by atoms with Crippen molar-refractivity contribution in [1.82, 2.24) is 0 Å². The van der Waals surface area contributed by atoms with Crippen LogP contribution in [0.2, 0.25) is 0 Å². The molecule has 0 saturated heterocycles. The van der Waals surface area contributed by atoms with Crippen LogP contribution in [0.5, 0.6) is 0 Å². The Balaban J connectivity index is 1.92. The second kappa shape index (κ2) is 7.77. The van der Waals surface area contributed by atoms with E-state index in [0.29, 0.717) is 11.6 Å². The van der Waals surface area contributed by atoms with E-state index in [1.807, 2.05) is 56.3 Å². The summed E-state index contributed by atoms with van der Waals surface area (Å²) < 4.78 is 0. The Bertz CT molecular complexity index is 734. The first kappa shape index (κ1) is 17.7. The van der Waals surface area contributed by atoms with E-state index in [-0.39, 0.29) is 18.2 Å². The molecule has 2 amide bonds. The maximum atomic E-state index is 12.0. The van der Waals surface area contributed by atoms with Gasteiger partial charge in [0.15, 0.2) is 0 Å². The topological polar surface area (TPSA) is 58.2 Å². The lowest BCUT2D eigenvalue weighted by atomic mass is 10.0. The minimum Gasteiger partial charge on any atom is -0.326 e. The highest BCUT2D eigenvalue weighted by atomic mass is 16.2. The predicted octanol–water partition coefficient (Wildman–Crippen LogP) is 4.39. The molecule has 2 aromatic carbocycles. The summed E-state index contributed by atoms with van der Waals surface area (Å²) in [6.45, 7) is 8.16. The van der Waals surface area contributed by atoms with Gasteiger partial charge in [-0.05, 0) is 54.7 Å². The van der Waals surface area contributed by atoms with Crippen molar-refractivity contribution in [3.63, 3.8) is 0 Å². The van der Waals surface area contributed by atoms with E-state index >= 15 is 0 Å². The Morgan fingerprint density at radius 3 is 2.17 bits per heavy atom. The second-order valence-electron chi connectivity index (χ2n) is 6.30. The normalized spacial score (nSPS) is 10.5. The lowest BCUT2D eigenvalue weighted by molar-refractivity contribution is -0.123. The fraction of sp³-hybridized carbons (Fsp3) is 0.300. The molecule has 2 aromatic rings. The van der Waals surface area contributed by atoms with Gasteiger partial charge in [0.25, 0.3) is 0 Å². The largest absolute Gasteiger partial charge is 0.326 e. The highest BCUT2D eigenvalue weighted by Gasteiger charge is 2.11. The third-order valence-electron chi connectivity index (χ3n) is 4.06. The maximum absolute atomic E-state index is 12.0. The van der Waals surface area contributed by atoms with Gasteiger partial charge in [0.2, 0.25) is 11.8 Å². The summed E-state index contributed by atoms with van der Waals surface area (Å²) in [6.07, 6.45) is -0.209. The second-order valence-corrected chi connectivity index (χ2v) is 6.30. The number of nitrogens with one attached hydrogen (secondary N) is 2. The monoisotopic (exact) mass is 324 g/mol. The Labute approximate surface area is 143 Å². The number of rotatable bonds is 5. The predicted molar refractivity (Wildman–Crippen MR) is 98.3 cm³/mol. The van der Waals surface area contributed by atoms with E-state index in [0.717, 1.165) is 16.8 Å². The van der Waals surface area contributed by atoms with Crippen LogP contribution in [0.1, 0.15) is 42.9 Å². The summed E-state index contributed by atoms with van der Waals surface area (Å²) in [4.78, 5) is 24.1. The van der Waals surface area contributed by atoms with Crippen LogP contribution >= 0.6 is 0 Å². The van der Waals surface area contributed by atoms with Gasteiger partial charge in [-0.1, -0.05) is 38.1 Å². The summed E-state index contributed by atoms with van der Waals surface area (Å²) >= 11 is 0. The van der Waals surface area contributed by atoms with Crippen molar-refractivity contribution < 1.29 is 9.59 Å². The van der Waals surface area contributed by atoms with Gasteiger partial charge in [-0.15, -0.1) is 0 Å². The Morgan fingerprint density at radius 2 is 1.54 bits per heavy atom. The van der Waals surface area contributed by atoms with E-state index in [2.05, 4.69) is 24.5 Å². The van der Waals surface area contributed by atoms with Crippen molar-refractivity contribution in [3.05, 3.63) is 59.2 Å². The molecule has 2 rings (SSSR count). The minimum atomic E-state index is -0.324. The van der Waals surface area contributed by atoms with Crippen molar-refractivity contribution in [2.24, 2.45) is 0 Å². The molecule has 24 heavy (non-hydrogen) atoms. The minimum absolute atomic E-state index is 0.209. The first-order valence-electron chi connectivity index (χ1n) is 8.12. The number of hydrogen-bond acceptors (Lipinski definition) is 2. The molecule has 0 heterocycles. The van der Waals surface area contributed by atoms with Crippen LogP contribution in [0.25, 0.3) is 0 Å². The quantitative estimate of drug-likeness (QED) is 0.801.